The van der Waals surface area contributed by atoms with Crippen LogP contribution in [0.15, 0.2) is 66.3 Å². The summed E-state index contributed by atoms with van der Waals surface area (Å²) in [5, 5.41) is 8.00. The standard InChI is InChI=1S/C25H24F4N4O2/c1-23(33-22(35)32-19-13-15(25(27,28)29)7-8-17(19)26)11-9-14(10-12-23)24(2)16-5-3-4-6-18(16)31-20(24)21(30)34/h3-11,13,20,31H,12H2,1-2H3,(H2,30,34)(H2,32,33,35). The summed E-state index contributed by atoms with van der Waals surface area (Å²) in [5.74, 6) is -1.50. The lowest BCUT2D eigenvalue weighted by molar-refractivity contribution is -0.137. The molecule has 0 fully saturated rings. The van der Waals surface area contributed by atoms with Gasteiger partial charge in [-0.1, -0.05) is 36.4 Å². The van der Waals surface area contributed by atoms with Gasteiger partial charge in [0.05, 0.1) is 16.8 Å². The lowest BCUT2D eigenvalue weighted by atomic mass is 9.69. The molecule has 6 nitrogen and oxygen atoms in total. The number of halogens is 4. The molecule has 1 heterocycles. The Bertz CT molecular complexity index is 1260. The molecular formula is C25H24F4N4O2. The van der Waals surface area contributed by atoms with Gasteiger partial charge in [0.15, 0.2) is 0 Å². The average Bonchev–Trinajstić information content (AvgIpc) is 3.08. The van der Waals surface area contributed by atoms with Crippen LogP contribution in [0, 0.1) is 5.82 Å². The number of carbonyl (C=O) groups excluding carboxylic acids is 2. The highest BCUT2D eigenvalue weighted by atomic mass is 19.4. The molecule has 0 aromatic heterocycles. The second-order valence-electron chi connectivity index (χ2n) is 9.11. The number of carbonyl (C=O) groups is 2. The topological polar surface area (TPSA) is 96.2 Å². The zero-order valence-corrected chi connectivity index (χ0v) is 19.0. The van der Waals surface area contributed by atoms with Crippen molar-refractivity contribution in [2.24, 2.45) is 5.73 Å². The van der Waals surface area contributed by atoms with E-state index in [0.29, 0.717) is 24.6 Å². The zero-order valence-electron chi connectivity index (χ0n) is 19.0. The van der Waals surface area contributed by atoms with E-state index in [2.05, 4.69) is 16.0 Å². The lowest BCUT2D eigenvalue weighted by Crippen LogP contribution is -2.49. The number of rotatable bonds is 4. The molecule has 0 spiro atoms. The second-order valence-corrected chi connectivity index (χ2v) is 9.11. The molecule has 4 rings (SSSR count). The Labute approximate surface area is 199 Å². The second kappa shape index (κ2) is 8.44. The van der Waals surface area contributed by atoms with Crippen molar-refractivity contribution in [3.63, 3.8) is 0 Å². The van der Waals surface area contributed by atoms with Crippen molar-refractivity contribution >= 4 is 23.3 Å². The summed E-state index contributed by atoms with van der Waals surface area (Å²) in [5.41, 5.74) is 4.91. The van der Waals surface area contributed by atoms with Crippen LogP contribution < -0.4 is 21.7 Å². The molecule has 0 saturated carbocycles. The van der Waals surface area contributed by atoms with Crippen LogP contribution in [0.3, 0.4) is 0 Å². The van der Waals surface area contributed by atoms with Crippen LogP contribution in [0.4, 0.5) is 33.7 Å². The minimum atomic E-state index is -4.67. The summed E-state index contributed by atoms with van der Waals surface area (Å²) >= 11 is 0. The van der Waals surface area contributed by atoms with E-state index in [-0.39, 0.29) is 0 Å². The van der Waals surface area contributed by atoms with Gasteiger partial charge in [0.25, 0.3) is 0 Å². The highest BCUT2D eigenvalue weighted by molar-refractivity contribution is 5.91. The van der Waals surface area contributed by atoms with Crippen LogP contribution in [0.25, 0.3) is 0 Å². The minimum Gasteiger partial charge on any atom is -0.372 e. The monoisotopic (exact) mass is 488 g/mol. The molecule has 0 bridgehead atoms. The summed E-state index contributed by atoms with van der Waals surface area (Å²) in [4.78, 5) is 24.7. The SMILES string of the molecule is CC1(NC(=O)Nc2cc(C(F)(F)F)ccc2F)C=CC(C2(C)c3ccccc3NC2C(N)=O)=CC1. The number of para-hydroxylation sites is 1. The first-order chi connectivity index (χ1) is 16.3. The van der Waals surface area contributed by atoms with E-state index in [1.165, 1.54) is 0 Å². The molecule has 10 heteroatoms. The number of amides is 3. The zero-order chi connectivity index (χ0) is 25.6. The first-order valence-corrected chi connectivity index (χ1v) is 10.8. The molecule has 3 unspecified atom stereocenters. The van der Waals surface area contributed by atoms with Crippen LogP contribution in [0.2, 0.25) is 0 Å². The van der Waals surface area contributed by atoms with Crippen LogP contribution in [-0.2, 0) is 16.4 Å². The average molecular weight is 488 g/mol. The highest BCUT2D eigenvalue weighted by Crippen LogP contribution is 2.47. The van der Waals surface area contributed by atoms with Gasteiger partial charge in [-0.05, 0) is 55.7 Å². The van der Waals surface area contributed by atoms with Gasteiger partial charge in [-0.25, -0.2) is 9.18 Å². The molecular weight excluding hydrogens is 464 g/mol. The third-order valence-corrected chi connectivity index (χ3v) is 6.57. The summed E-state index contributed by atoms with van der Waals surface area (Å²) in [6.07, 6.45) is 1.04. The number of nitrogens with two attached hydrogens (primary N) is 1. The summed E-state index contributed by atoms with van der Waals surface area (Å²) in [6.45, 7) is 3.63. The molecule has 2 aliphatic rings. The normalized spacial score (nSPS) is 25.3. The molecule has 184 valence electrons. The Hall–Kier alpha value is -3.82. The largest absolute Gasteiger partial charge is 0.416 e. The highest BCUT2D eigenvalue weighted by Gasteiger charge is 2.48. The molecule has 1 aliphatic heterocycles. The van der Waals surface area contributed by atoms with Crippen molar-refractivity contribution in [1.82, 2.24) is 5.32 Å². The van der Waals surface area contributed by atoms with Gasteiger partial charge in [-0.3, -0.25) is 4.79 Å². The van der Waals surface area contributed by atoms with Crippen molar-refractivity contribution in [3.05, 3.63) is 83.2 Å². The van der Waals surface area contributed by atoms with Crippen molar-refractivity contribution in [2.75, 3.05) is 10.6 Å². The molecule has 2 aromatic rings. The Morgan fingerprint density at radius 2 is 1.86 bits per heavy atom. The number of hydrogen-bond donors (Lipinski definition) is 4. The predicted molar refractivity (Wildman–Crippen MR) is 124 cm³/mol. The molecule has 0 saturated heterocycles. The number of benzene rings is 2. The van der Waals surface area contributed by atoms with Gasteiger partial charge in [0.1, 0.15) is 11.9 Å². The number of urea groups is 1. The van der Waals surface area contributed by atoms with Gasteiger partial charge in [-0.15, -0.1) is 0 Å². The molecule has 35 heavy (non-hydrogen) atoms. The maximum atomic E-state index is 14.0. The van der Waals surface area contributed by atoms with E-state index in [1.54, 1.807) is 19.1 Å². The molecule has 3 atom stereocenters. The fraction of sp³-hybridized carbons (Fsp3) is 0.280. The Balaban J connectivity index is 1.51. The van der Waals surface area contributed by atoms with Crippen molar-refractivity contribution < 1.29 is 27.2 Å². The van der Waals surface area contributed by atoms with E-state index in [4.69, 9.17) is 5.73 Å². The Kier molecular flexibility index (Phi) is 5.86. The fourth-order valence-corrected chi connectivity index (χ4v) is 4.61. The Morgan fingerprint density at radius 3 is 2.49 bits per heavy atom. The van der Waals surface area contributed by atoms with Crippen LogP contribution in [0.5, 0.6) is 0 Å². The fourth-order valence-electron chi connectivity index (χ4n) is 4.61. The van der Waals surface area contributed by atoms with Crippen LogP contribution >= 0.6 is 0 Å². The van der Waals surface area contributed by atoms with Gasteiger partial charge >= 0.3 is 12.2 Å². The molecule has 0 radical (unpaired) electrons. The van der Waals surface area contributed by atoms with Crippen LogP contribution in [-0.4, -0.2) is 23.5 Å². The van der Waals surface area contributed by atoms with Crippen LogP contribution in [0.1, 0.15) is 31.4 Å². The van der Waals surface area contributed by atoms with Crippen molar-refractivity contribution in [2.45, 2.75) is 43.4 Å². The summed E-state index contributed by atoms with van der Waals surface area (Å²) in [6, 6.07) is 7.77. The number of nitrogens with one attached hydrogen (secondary N) is 3. The summed E-state index contributed by atoms with van der Waals surface area (Å²) < 4.78 is 52.8. The third kappa shape index (κ3) is 4.48. The first-order valence-electron chi connectivity index (χ1n) is 10.8. The molecule has 2 aromatic carbocycles. The van der Waals surface area contributed by atoms with E-state index in [1.807, 2.05) is 37.3 Å². The number of primary amides is 1. The van der Waals surface area contributed by atoms with Crippen molar-refractivity contribution in [1.29, 1.82) is 0 Å². The van der Waals surface area contributed by atoms with Gasteiger partial charge in [0.2, 0.25) is 5.91 Å². The lowest BCUT2D eigenvalue weighted by Gasteiger charge is -2.36. The molecule has 5 N–H and O–H groups in total. The molecule has 3 amide bonds. The quantitative estimate of drug-likeness (QED) is 0.464. The van der Waals surface area contributed by atoms with E-state index < -0.39 is 52.2 Å². The van der Waals surface area contributed by atoms with E-state index >= 15 is 0 Å². The van der Waals surface area contributed by atoms with E-state index in [0.717, 1.165) is 16.8 Å². The van der Waals surface area contributed by atoms with Crippen molar-refractivity contribution in [3.8, 4) is 0 Å². The smallest absolute Gasteiger partial charge is 0.372 e. The summed E-state index contributed by atoms with van der Waals surface area (Å²) in [7, 11) is 0. The number of fused-ring (bicyclic) bond motifs is 1. The van der Waals surface area contributed by atoms with Gasteiger partial charge in [0, 0.05) is 11.1 Å². The third-order valence-electron chi connectivity index (χ3n) is 6.57. The number of alkyl halides is 3. The maximum absolute atomic E-state index is 14.0. The maximum Gasteiger partial charge on any atom is 0.416 e. The van der Waals surface area contributed by atoms with E-state index in [9.17, 15) is 27.2 Å². The number of allylic oxidation sites excluding steroid dienone is 1. The predicted octanol–water partition coefficient (Wildman–Crippen LogP) is 4.85. The number of anilines is 2. The number of hydrogen-bond acceptors (Lipinski definition) is 3. The van der Waals surface area contributed by atoms with Gasteiger partial charge < -0.3 is 21.7 Å². The Morgan fingerprint density at radius 1 is 1.14 bits per heavy atom. The molecule has 1 aliphatic carbocycles. The first kappa shape index (κ1) is 24.3. The van der Waals surface area contributed by atoms with Gasteiger partial charge in [-0.2, -0.15) is 13.2 Å². The minimum absolute atomic E-state index is 0.320.